The molecule has 0 bridgehead atoms. The Morgan fingerprint density at radius 2 is 1.95 bits per heavy atom. The van der Waals surface area contributed by atoms with Crippen LogP contribution in [0.1, 0.15) is 44.2 Å². The summed E-state index contributed by atoms with van der Waals surface area (Å²) in [6.07, 6.45) is 3.14. The molecule has 1 aromatic rings. The summed E-state index contributed by atoms with van der Waals surface area (Å²) in [5.41, 5.74) is 4.02. The second kappa shape index (κ2) is 9.80. The number of rotatable bonds is 10. The maximum Gasteiger partial charge on any atom is 0.0431 e. The van der Waals surface area contributed by atoms with Gasteiger partial charge in [-0.05, 0) is 61.9 Å². The van der Waals surface area contributed by atoms with Crippen molar-refractivity contribution in [3.05, 3.63) is 29.3 Å². The lowest BCUT2D eigenvalue weighted by molar-refractivity contribution is 0.283. The first-order valence-electron chi connectivity index (χ1n) is 8.16. The van der Waals surface area contributed by atoms with Crippen LogP contribution in [-0.2, 0) is 6.54 Å². The highest BCUT2D eigenvalue weighted by molar-refractivity contribution is 5.50. The number of unbranched alkanes of at least 4 members (excludes halogenated alkanes) is 2. The zero-order chi connectivity index (χ0) is 15.7. The Bertz CT molecular complexity index is 404. The zero-order valence-electron chi connectivity index (χ0n) is 14.2. The zero-order valence-corrected chi connectivity index (χ0v) is 14.2. The Hall–Kier alpha value is -1.06. The smallest absolute Gasteiger partial charge is 0.0431 e. The summed E-state index contributed by atoms with van der Waals surface area (Å²) in [7, 11) is 2.14. The summed E-state index contributed by atoms with van der Waals surface area (Å²) in [5.74, 6) is 0.689. The number of aryl methyl sites for hydroxylation is 1. The summed E-state index contributed by atoms with van der Waals surface area (Å²) in [4.78, 5) is 2.30. The average molecular weight is 292 g/mol. The first-order chi connectivity index (χ1) is 10.0. The summed E-state index contributed by atoms with van der Waals surface area (Å²) in [6, 6.07) is 6.73. The van der Waals surface area contributed by atoms with E-state index in [0.29, 0.717) is 12.5 Å². The molecule has 1 rings (SSSR count). The first-order valence-corrected chi connectivity index (χ1v) is 8.16. The minimum atomic E-state index is 0.306. The van der Waals surface area contributed by atoms with Gasteiger partial charge in [-0.15, -0.1) is 0 Å². The number of anilines is 1. The Kier molecular flexibility index (Phi) is 8.40. The Labute approximate surface area is 130 Å². The molecule has 0 aliphatic rings. The lowest BCUT2D eigenvalue weighted by atomic mass is 10.1. The molecular formula is C18H32N2O. The molecule has 1 aromatic carbocycles. The largest absolute Gasteiger partial charge is 0.396 e. The molecule has 0 aliphatic carbocycles. The van der Waals surface area contributed by atoms with Crippen molar-refractivity contribution in [2.75, 3.05) is 31.6 Å². The molecule has 120 valence electrons. The van der Waals surface area contributed by atoms with E-state index in [9.17, 15) is 0 Å². The van der Waals surface area contributed by atoms with Gasteiger partial charge in [-0.2, -0.15) is 0 Å². The molecule has 21 heavy (non-hydrogen) atoms. The van der Waals surface area contributed by atoms with Crippen LogP contribution in [0.3, 0.4) is 0 Å². The third-order valence-electron chi connectivity index (χ3n) is 3.79. The number of aliphatic hydroxyl groups excluding tert-OH is 1. The SMILES string of the molecule is Cc1cc(N(C)CCCCCO)ccc1CNCC(C)C. The minimum absolute atomic E-state index is 0.306. The molecule has 3 nitrogen and oxygen atoms in total. The predicted molar refractivity (Wildman–Crippen MR) is 91.9 cm³/mol. The van der Waals surface area contributed by atoms with Crippen molar-refractivity contribution in [1.29, 1.82) is 0 Å². The van der Waals surface area contributed by atoms with Crippen LogP contribution in [0.2, 0.25) is 0 Å². The van der Waals surface area contributed by atoms with Gasteiger partial charge in [0.25, 0.3) is 0 Å². The third-order valence-corrected chi connectivity index (χ3v) is 3.79. The van der Waals surface area contributed by atoms with E-state index in [1.807, 2.05) is 0 Å². The lowest BCUT2D eigenvalue weighted by Crippen LogP contribution is -2.20. The van der Waals surface area contributed by atoms with Crippen LogP contribution >= 0.6 is 0 Å². The molecule has 0 amide bonds. The fourth-order valence-corrected chi connectivity index (χ4v) is 2.38. The van der Waals surface area contributed by atoms with Gasteiger partial charge in [-0.25, -0.2) is 0 Å². The van der Waals surface area contributed by atoms with Crippen molar-refractivity contribution < 1.29 is 5.11 Å². The van der Waals surface area contributed by atoms with Crippen LogP contribution in [0.4, 0.5) is 5.69 Å². The van der Waals surface area contributed by atoms with Crippen LogP contribution in [0, 0.1) is 12.8 Å². The van der Waals surface area contributed by atoms with E-state index in [1.54, 1.807) is 0 Å². The van der Waals surface area contributed by atoms with Crippen LogP contribution in [0.25, 0.3) is 0 Å². The van der Waals surface area contributed by atoms with Crippen molar-refractivity contribution in [1.82, 2.24) is 5.32 Å². The number of hydrogen-bond donors (Lipinski definition) is 2. The maximum atomic E-state index is 8.80. The number of hydrogen-bond acceptors (Lipinski definition) is 3. The second-order valence-electron chi connectivity index (χ2n) is 6.34. The first kappa shape index (κ1) is 18.0. The summed E-state index contributed by atoms with van der Waals surface area (Å²) in [5, 5.41) is 12.3. The molecule has 3 heteroatoms. The Morgan fingerprint density at radius 3 is 2.57 bits per heavy atom. The molecule has 0 heterocycles. The molecule has 0 atom stereocenters. The molecule has 0 spiro atoms. The van der Waals surface area contributed by atoms with E-state index in [1.165, 1.54) is 16.8 Å². The molecule has 0 fully saturated rings. The number of nitrogens with zero attached hydrogens (tertiary/aromatic N) is 1. The highest BCUT2D eigenvalue weighted by atomic mass is 16.2. The van der Waals surface area contributed by atoms with Gasteiger partial charge >= 0.3 is 0 Å². The summed E-state index contributed by atoms with van der Waals surface area (Å²) < 4.78 is 0. The Morgan fingerprint density at radius 1 is 1.19 bits per heavy atom. The normalized spacial score (nSPS) is 11.1. The van der Waals surface area contributed by atoms with E-state index in [4.69, 9.17) is 5.11 Å². The standard InChI is InChI=1S/C18H32N2O/c1-15(2)13-19-14-17-8-9-18(12-16(17)3)20(4)10-6-5-7-11-21/h8-9,12,15,19,21H,5-7,10-11,13-14H2,1-4H3. The Balaban J connectivity index is 2.48. The van der Waals surface area contributed by atoms with Gasteiger partial charge < -0.3 is 15.3 Å². The predicted octanol–water partition coefficient (Wildman–Crippen LogP) is 3.34. The lowest BCUT2D eigenvalue weighted by Gasteiger charge is -2.21. The average Bonchev–Trinajstić information content (AvgIpc) is 2.44. The van der Waals surface area contributed by atoms with Crippen molar-refractivity contribution in [3.8, 4) is 0 Å². The van der Waals surface area contributed by atoms with Gasteiger partial charge in [0.05, 0.1) is 0 Å². The fourth-order valence-electron chi connectivity index (χ4n) is 2.38. The maximum absolute atomic E-state index is 8.80. The van der Waals surface area contributed by atoms with E-state index >= 15 is 0 Å². The summed E-state index contributed by atoms with van der Waals surface area (Å²) in [6.45, 7) is 10.0. The molecule has 2 N–H and O–H groups in total. The van der Waals surface area contributed by atoms with Crippen molar-refractivity contribution in [2.45, 2.75) is 46.6 Å². The summed E-state index contributed by atoms with van der Waals surface area (Å²) >= 11 is 0. The van der Waals surface area contributed by atoms with E-state index in [0.717, 1.165) is 38.9 Å². The molecule has 0 aliphatic heterocycles. The fraction of sp³-hybridized carbons (Fsp3) is 0.667. The highest BCUT2D eigenvalue weighted by Gasteiger charge is 2.04. The van der Waals surface area contributed by atoms with E-state index in [-0.39, 0.29) is 0 Å². The number of nitrogens with one attached hydrogen (secondary N) is 1. The van der Waals surface area contributed by atoms with Gasteiger partial charge in [-0.1, -0.05) is 19.9 Å². The van der Waals surface area contributed by atoms with Gasteiger partial charge in [0.15, 0.2) is 0 Å². The number of benzene rings is 1. The van der Waals surface area contributed by atoms with Gasteiger partial charge in [0.1, 0.15) is 0 Å². The van der Waals surface area contributed by atoms with Gasteiger partial charge in [0.2, 0.25) is 0 Å². The topological polar surface area (TPSA) is 35.5 Å². The van der Waals surface area contributed by atoms with Crippen molar-refractivity contribution in [2.24, 2.45) is 5.92 Å². The van der Waals surface area contributed by atoms with Gasteiger partial charge in [0, 0.05) is 32.4 Å². The molecule has 0 saturated carbocycles. The van der Waals surface area contributed by atoms with Crippen LogP contribution in [-0.4, -0.2) is 31.9 Å². The molecular weight excluding hydrogens is 260 g/mol. The second-order valence-corrected chi connectivity index (χ2v) is 6.34. The minimum Gasteiger partial charge on any atom is -0.396 e. The number of aliphatic hydroxyl groups is 1. The van der Waals surface area contributed by atoms with Crippen molar-refractivity contribution >= 4 is 5.69 Å². The van der Waals surface area contributed by atoms with Crippen LogP contribution in [0.5, 0.6) is 0 Å². The highest BCUT2D eigenvalue weighted by Crippen LogP contribution is 2.19. The van der Waals surface area contributed by atoms with E-state index in [2.05, 4.69) is 56.2 Å². The van der Waals surface area contributed by atoms with Crippen LogP contribution in [0.15, 0.2) is 18.2 Å². The van der Waals surface area contributed by atoms with Crippen molar-refractivity contribution in [3.63, 3.8) is 0 Å². The quantitative estimate of drug-likeness (QED) is 0.649. The molecule has 0 saturated heterocycles. The van der Waals surface area contributed by atoms with Gasteiger partial charge in [-0.3, -0.25) is 0 Å². The monoisotopic (exact) mass is 292 g/mol. The van der Waals surface area contributed by atoms with E-state index < -0.39 is 0 Å². The molecule has 0 radical (unpaired) electrons. The third kappa shape index (κ3) is 6.96. The van der Waals surface area contributed by atoms with Crippen LogP contribution < -0.4 is 10.2 Å². The molecule has 0 unspecified atom stereocenters. The molecule has 0 aromatic heterocycles.